The molecule has 7 heteroatoms. The lowest BCUT2D eigenvalue weighted by Gasteiger charge is -2.14. The van der Waals surface area contributed by atoms with Gasteiger partial charge in [0.1, 0.15) is 5.75 Å². The lowest BCUT2D eigenvalue weighted by atomic mass is 10.1. The van der Waals surface area contributed by atoms with E-state index in [1.54, 1.807) is 24.3 Å². The molecule has 0 spiro atoms. The van der Waals surface area contributed by atoms with E-state index in [4.69, 9.17) is 4.74 Å². The Morgan fingerprint density at radius 3 is 2.21 bits per heavy atom. The molecule has 3 aromatic rings. The van der Waals surface area contributed by atoms with Gasteiger partial charge in [-0.25, -0.2) is 8.42 Å². The second-order valence-electron chi connectivity index (χ2n) is 8.23. The van der Waals surface area contributed by atoms with Gasteiger partial charge in [-0.1, -0.05) is 36.4 Å². The highest BCUT2D eigenvalue weighted by atomic mass is 32.2. The van der Waals surface area contributed by atoms with Crippen LogP contribution < -0.4 is 14.8 Å². The van der Waals surface area contributed by atoms with Crippen molar-refractivity contribution in [1.29, 1.82) is 0 Å². The van der Waals surface area contributed by atoms with Gasteiger partial charge in [-0.3, -0.25) is 9.52 Å². The SMILES string of the molecule is Cc1cc(C)cc(NS(=O)(=O)c2ccc(OCC(=O)N[C@H](C)CCc3ccccc3)cc2)c1. The van der Waals surface area contributed by atoms with Crippen LogP contribution in [0.15, 0.2) is 77.7 Å². The maximum atomic E-state index is 12.7. The van der Waals surface area contributed by atoms with Gasteiger partial charge in [-0.15, -0.1) is 0 Å². The van der Waals surface area contributed by atoms with Gasteiger partial charge < -0.3 is 10.1 Å². The second-order valence-corrected chi connectivity index (χ2v) is 9.92. The van der Waals surface area contributed by atoms with Gasteiger partial charge in [0.05, 0.1) is 4.90 Å². The predicted octanol–water partition coefficient (Wildman–Crippen LogP) is 4.62. The summed E-state index contributed by atoms with van der Waals surface area (Å²) in [7, 11) is -3.72. The number of anilines is 1. The van der Waals surface area contributed by atoms with Crippen LogP contribution in [0.4, 0.5) is 5.69 Å². The zero-order valence-electron chi connectivity index (χ0n) is 19.2. The summed E-state index contributed by atoms with van der Waals surface area (Å²) in [4.78, 5) is 12.3. The summed E-state index contributed by atoms with van der Waals surface area (Å²) in [5, 5.41) is 2.92. The Balaban J connectivity index is 1.49. The van der Waals surface area contributed by atoms with Crippen LogP contribution >= 0.6 is 0 Å². The first kappa shape index (κ1) is 24.3. The summed E-state index contributed by atoms with van der Waals surface area (Å²) in [6.45, 7) is 5.65. The molecule has 0 saturated carbocycles. The number of rotatable bonds is 10. The van der Waals surface area contributed by atoms with Crippen molar-refractivity contribution in [2.45, 2.75) is 44.6 Å². The molecule has 6 nitrogen and oxygen atoms in total. The lowest BCUT2D eigenvalue weighted by Crippen LogP contribution is -2.36. The molecular formula is C26H30N2O4S. The first-order chi connectivity index (χ1) is 15.7. The molecule has 174 valence electrons. The number of hydrogen-bond donors (Lipinski definition) is 2. The van der Waals surface area contributed by atoms with Crippen LogP contribution in [0.2, 0.25) is 0 Å². The molecule has 0 saturated heterocycles. The maximum Gasteiger partial charge on any atom is 0.261 e. The molecule has 3 rings (SSSR count). The largest absolute Gasteiger partial charge is 0.484 e. The van der Waals surface area contributed by atoms with E-state index in [-0.39, 0.29) is 23.5 Å². The van der Waals surface area contributed by atoms with E-state index in [1.807, 2.05) is 45.0 Å². The molecule has 0 aliphatic carbocycles. The molecular weight excluding hydrogens is 436 g/mol. The molecule has 0 radical (unpaired) electrons. The fraction of sp³-hybridized carbons (Fsp3) is 0.269. The molecule has 0 fully saturated rings. The predicted molar refractivity (Wildman–Crippen MR) is 131 cm³/mol. The number of hydrogen-bond acceptors (Lipinski definition) is 4. The van der Waals surface area contributed by atoms with Gasteiger partial charge in [-0.05, 0) is 86.7 Å². The van der Waals surface area contributed by atoms with Crippen molar-refractivity contribution in [3.05, 3.63) is 89.5 Å². The molecule has 0 aliphatic rings. The van der Waals surface area contributed by atoms with E-state index < -0.39 is 10.0 Å². The van der Waals surface area contributed by atoms with Gasteiger partial charge in [0, 0.05) is 11.7 Å². The minimum absolute atomic E-state index is 0.0187. The van der Waals surface area contributed by atoms with Crippen molar-refractivity contribution >= 4 is 21.6 Å². The average Bonchev–Trinajstić information content (AvgIpc) is 2.76. The van der Waals surface area contributed by atoms with E-state index in [2.05, 4.69) is 22.2 Å². The minimum Gasteiger partial charge on any atom is -0.484 e. The topological polar surface area (TPSA) is 84.5 Å². The number of amides is 1. The number of nitrogens with one attached hydrogen (secondary N) is 2. The zero-order chi connectivity index (χ0) is 23.8. The third-order valence-corrected chi connectivity index (χ3v) is 6.49. The number of aryl methyl sites for hydroxylation is 3. The smallest absolute Gasteiger partial charge is 0.261 e. The van der Waals surface area contributed by atoms with Gasteiger partial charge in [0.25, 0.3) is 15.9 Å². The Kier molecular flexibility index (Phi) is 8.11. The summed E-state index contributed by atoms with van der Waals surface area (Å²) in [5.74, 6) is 0.205. The summed E-state index contributed by atoms with van der Waals surface area (Å²) in [5.41, 5.74) is 3.70. The standard InChI is InChI=1S/C26H30N2O4S/c1-19-15-20(2)17-23(16-19)28-33(30,31)25-13-11-24(12-14-25)32-18-26(29)27-21(3)9-10-22-7-5-4-6-8-22/h4-8,11-17,21,28H,9-10,18H2,1-3H3,(H,27,29)/t21-/m1/s1. The quantitative estimate of drug-likeness (QED) is 0.457. The minimum atomic E-state index is -3.72. The normalized spacial score (nSPS) is 12.1. The number of sulfonamides is 1. The van der Waals surface area contributed by atoms with Crippen LogP contribution in [0.5, 0.6) is 5.75 Å². The van der Waals surface area contributed by atoms with Gasteiger partial charge >= 0.3 is 0 Å². The molecule has 0 aliphatic heterocycles. The van der Waals surface area contributed by atoms with Crippen LogP contribution in [0.1, 0.15) is 30.0 Å². The first-order valence-corrected chi connectivity index (χ1v) is 12.4. The third kappa shape index (κ3) is 7.64. The van der Waals surface area contributed by atoms with Crippen molar-refractivity contribution < 1.29 is 17.9 Å². The van der Waals surface area contributed by atoms with E-state index in [0.29, 0.717) is 11.4 Å². The Morgan fingerprint density at radius 1 is 0.939 bits per heavy atom. The number of carbonyl (C=O) groups excluding carboxylic acids is 1. The number of benzene rings is 3. The summed E-state index contributed by atoms with van der Waals surface area (Å²) >= 11 is 0. The van der Waals surface area contributed by atoms with Gasteiger partial charge in [0.2, 0.25) is 0 Å². The Hall–Kier alpha value is -3.32. The van der Waals surface area contributed by atoms with Crippen LogP contribution in [-0.4, -0.2) is 27.0 Å². The monoisotopic (exact) mass is 466 g/mol. The number of carbonyl (C=O) groups is 1. The zero-order valence-corrected chi connectivity index (χ0v) is 20.0. The molecule has 1 amide bonds. The molecule has 3 aromatic carbocycles. The van der Waals surface area contributed by atoms with Crippen molar-refractivity contribution in [2.24, 2.45) is 0 Å². The highest BCUT2D eigenvalue weighted by molar-refractivity contribution is 7.92. The Labute approximate surface area is 196 Å². The lowest BCUT2D eigenvalue weighted by molar-refractivity contribution is -0.123. The van der Waals surface area contributed by atoms with Crippen LogP contribution in [0, 0.1) is 13.8 Å². The highest BCUT2D eigenvalue weighted by Gasteiger charge is 2.15. The summed E-state index contributed by atoms with van der Waals surface area (Å²) in [6.07, 6.45) is 1.71. The van der Waals surface area contributed by atoms with E-state index in [0.717, 1.165) is 24.0 Å². The van der Waals surface area contributed by atoms with Crippen molar-refractivity contribution in [1.82, 2.24) is 5.32 Å². The van der Waals surface area contributed by atoms with E-state index in [1.165, 1.54) is 17.7 Å². The maximum absolute atomic E-state index is 12.7. The van der Waals surface area contributed by atoms with Crippen molar-refractivity contribution in [2.75, 3.05) is 11.3 Å². The molecule has 33 heavy (non-hydrogen) atoms. The van der Waals surface area contributed by atoms with Crippen molar-refractivity contribution in [3.63, 3.8) is 0 Å². The molecule has 0 unspecified atom stereocenters. The fourth-order valence-corrected chi connectivity index (χ4v) is 4.57. The molecule has 0 heterocycles. The summed E-state index contributed by atoms with van der Waals surface area (Å²) < 4.78 is 33.5. The summed E-state index contributed by atoms with van der Waals surface area (Å²) in [6, 6.07) is 21.7. The van der Waals surface area contributed by atoms with Gasteiger partial charge in [0.15, 0.2) is 6.61 Å². The van der Waals surface area contributed by atoms with Crippen LogP contribution in [-0.2, 0) is 21.2 Å². The first-order valence-electron chi connectivity index (χ1n) is 10.9. The van der Waals surface area contributed by atoms with E-state index >= 15 is 0 Å². The van der Waals surface area contributed by atoms with Crippen LogP contribution in [0.25, 0.3) is 0 Å². The third-order valence-electron chi connectivity index (χ3n) is 5.09. The van der Waals surface area contributed by atoms with Crippen LogP contribution in [0.3, 0.4) is 0 Å². The number of ether oxygens (including phenoxy) is 1. The molecule has 0 aromatic heterocycles. The average molecular weight is 467 g/mol. The fourth-order valence-electron chi connectivity index (χ4n) is 3.53. The molecule has 0 bridgehead atoms. The van der Waals surface area contributed by atoms with Crippen molar-refractivity contribution in [3.8, 4) is 5.75 Å². The molecule has 1 atom stereocenters. The second kappa shape index (κ2) is 11.0. The Bertz CT molecular complexity index is 1160. The van der Waals surface area contributed by atoms with E-state index in [9.17, 15) is 13.2 Å². The highest BCUT2D eigenvalue weighted by Crippen LogP contribution is 2.21. The Morgan fingerprint density at radius 2 is 1.58 bits per heavy atom. The van der Waals surface area contributed by atoms with Gasteiger partial charge in [-0.2, -0.15) is 0 Å². The molecule has 2 N–H and O–H groups in total.